The quantitative estimate of drug-likeness (QED) is 0.826. The molecule has 0 radical (unpaired) electrons. The van der Waals surface area contributed by atoms with Gasteiger partial charge >= 0.3 is 0 Å². The van der Waals surface area contributed by atoms with Crippen molar-refractivity contribution in [3.8, 4) is 5.75 Å². The van der Waals surface area contributed by atoms with Crippen LogP contribution in [-0.2, 0) is 4.79 Å². The zero-order chi connectivity index (χ0) is 16.2. The zero-order valence-corrected chi connectivity index (χ0v) is 15.4. The summed E-state index contributed by atoms with van der Waals surface area (Å²) in [6.07, 6.45) is 5.52. The summed E-state index contributed by atoms with van der Waals surface area (Å²) >= 11 is 0. The molecule has 1 aromatic carbocycles. The number of carbonyl (C=O) groups excluding carboxylic acids is 1. The van der Waals surface area contributed by atoms with Crippen LogP contribution < -0.4 is 15.4 Å². The SMILES string of the molecule is Cc1cccc(OCC(C)NC(=O)CC2CC3CCC(C2)N3)c1.Cl. The summed E-state index contributed by atoms with van der Waals surface area (Å²) in [6, 6.07) is 9.32. The number of rotatable bonds is 6. The molecule has 3 unspecified atom stereocenters. The smallest absolute Gasteiger partial charge is 0.220 e. The zero-order valence-electron chi connectivity index (χ0n) is 14.6. The molecule has 2 heterocycles. The summed E-state index contributed by atoms with van der Waals surface area (Å²) in [4.78, 5) is 12.2. The predicted molar refractivity (Wildman–Crippen MR) is 98.8 cm³/mol. The summed E-state index contributed by atoms with van der Waals surface area (Å²) in [5.41, 5.74) is 1.18. The summed E-state index contributed by atoms with van der Waals surface area (Å²) in [5.74, 6) is 1.57. The van der Waals surface area contributed by atoms with Gasteiger partial charge in [0.05, 0.1) is 6.04 Å². The summed E-state index contributed by atoms with van der Waals surface area (Å²) in [5, 5.41) is 6.70. The molecule has 24 heavy (non-hydrogen) atoms. The number of fused-ring (bicyclic) bond motifs is 2. The van der Waals surface area contributed by atoms with Gasteiger partial charge in [-0.1, -0.05) is 12.1 Å². The van der Waals surface area contributed by atoms with Crippen LogP contribution in [0, 0.1) is 12.8 Å². The number of hydrogen-bond donors (Lipinski definition) is 2. The van der Waals surface area contributed by atoms with Gasteiger partial charge in [-0.2, -0.15) is 0 Å². The van der Waals surface area contributed by atoms with Crippen LogP contribution in [0.4, 0.5) is 0 Å². The largest absolute Gasteiger partial charge is 0.491 e. The fraction of sp³-hybridized carbons (Fsp3) is 0.632. The van der Waals surface area contributed by atoms with Gasteiger partial charge in [0.15, 0.2) is 0 Å². The van der Waals surface area contributed by atoms with Gasteiger partial charge in [0.2, 0.25) is 5.91 Å². The van der Waals surface area contributed by atoms with Gasteiger partial charge in [-0.3, -0.25) is 4.79 Å². The van der Waals surface area contributed by atoms with E-state index in [0.29, 0.717) is 31.0 Å². The molecule has 2 fully saturated rings. The molecule has 2 aliphatic rings. The van der Waals surface area contributed by atoms with Crippen LogP contribution >= 0.6 is 12.4 Å². The number of halogens is 1. The molecule has 0 aromatic heterocycles. The van der Waals surface area contributed by atoms with Crippen LogP contribution in [0.1, 0.15) is 44.6 Å². The van der Waals surface area contributed by atoms with Crippen LogP contribution in [0.2, 0.25) is 0 Å². The maximum atomic E-state index is 12.2. The first kappa shape index (κ1) is 19.1. The highest BCUT2D eigenvalue weighted by atomic mass is 35.5. The number of amides is 1. The Morgan fingerprint density at radius 2 is 2.04 bits per heavy atom. The van der Waals surface area contributed by atoms with Crippen LogP contribution in [0.3, 0.4) is 0 Å². The Balaban J connectivity index is 0.00000208. The minimum Gasteiger partial charge on any atom is -0.491 e. The number of piperidine rings is 1. The lowest BCUT2D eigenvalue weighted by atomic mass is 9.89. The summed E-state index contributed by atoms with van der Waals surface area (Å²) in [6.45, 7) is 4.55. The highest BCUT2D eigenvalue weighted by molar-refractivity contribution is 5.85. The van der Waals surface area contributed by atoms with E-state index in [1.807, 2.05) is 38.1 Å². The molecule has 4 nitrogen and oxygen atoms in total. The van der Waals surface area contributed by atoms with Crippen molar-refractivity contribution in [3.05, 3.63) is 29.8 Å². The Morgan fingerprint density at radius 3 is 2.71 bits per heavy atom. The first-order valence-electron chi connectivity index (χ1n) is 8.83. The van der Waals surface area contributed by atoms with Gasteiger partial charge in [0, 0.05) is 18.5 Å². The third kappa shape index (κ3) is 5.38. The Morgan fingerprint density at radius 1 is 1.33 bits per heavy atom. The topological polar surface area (TPSA) is 50.4 Å². The molecule has 0 saturated carbocycles. The second kappa shape index (κ2) is 8.72. The van der Waals surface area contributed by atoms with Crippen LogP contribution in [0.5, 0.6) is 5.75 Å². The molecule has 134 valence electrons. The van der Waals surface area contributed by atoms with Crippen molar-refractivity contribution in [2.24, 2.45) is 5.92 Å². The molecule has 2 aliphatic heterocycles. The maximum Gasteiger partial charge on any atom is 0.220 e. The molecule has 2 saturated heterocycles. The monoisotopic (exact) mass is 352 g/mol. The molecule has 3 atom stereocenters. The van der Waals surface area contributed by atoms with E-state index in [9.17, 15) is 4.79 Å². The van der Waals surface area contributed by atoms with Gasteiger partial charge in [0.25, 0.3) is 0 Å². The third-order valence-corrected chi connectivity index (χ3v) is 4.94. The second-order valence-corrected chi connectivity index (χ2v) is 7.28. The molecule has 5 heteroatoms. The standard InChI is InChI=1S/C19H28N2O2.ClH/c1-13-4-3-5-18(8-13)23-12-14(2)20-19(22)11-15-9-16-6-7-17(10-15)21-16;/h3-5,8,14-17,21H,6-7,9-12H2,1-2H3,(H,20,22);1H. The number of nitrogens with one attached hydrogen (secondary N) is 2. The lowest BCUT2D eigenvalue weighted by molar-refractivity contribution is -0.123. The van der Waals surface area contributed by atoms with E-state index < -0.39 is 0 Å². The molecule has 1 amide bonds. The summed E-state index contributed by atoms with van der Waals surface area (Å²) in [7, 11) is 0. The van der Waals surface area contributed by atoms with Gasteiger partial charge in [-0.25, -0.2) is 0 Å². The number of carbonyl (C=O) groups is 1. The average molecular weight is 353 g/mol. The van der Waals surface area contributed by atoms with Crippen molar-refractivity contribution in [3.63, 3.8) is 0 Å². The van der Waals surface area contributed by atoms with Gasteiger partial charge in [-0.05, 0) is 63.1 Å². The van der Waals surface area contributed by atoms with Crippen LogP contribution in [0.15, 0.2) is 24.3 Å². The van der Waals surface area contributed by atoms with Crippen LogP contribution in [-0.4, -0.2) is 30.6 Å². The Bertz CT molecular complexity index is 540. The number of benzene rings is 1. The molecular formula is C19H29ClN2O2. The average Bonchev–Trinajstić information content (AvgIpc) is 2.84. The van der Waals surface area contributed by atoms with Crippen molar-refractivity contribution < 1.29 is 9.53 Å². The van der Waals surface area contributed by atoms with Crippen molar-refractivity contribution in [1.29, 1.82) is 0 Å². The predicted octanol–water partition coefficient (Wildman–Crippen LogP) is 3.22. The van der Waals surface area contributed by atoms with Gasteiger partial charge in [-0.15, -0.1) is 12.4 Å². The number of aryl methyl sites for hydroxylation is 1. The van der Waals surface area contributed by atoms with Crippen molar-refractivity contribution in [2.45, 2.75) is 64.1 Å². The molecular weight excluding hydrogens is 324 g/mol. The molecule has 0 aliphatic carbocycles. The Kier molecular flexibility index (Phi) is 6.93. The highest BCUT2D eigenvalue weighted by Crippen LogP contribution is 2.32. The lowest BCUT2D eigenvalue weighted by Gasteiger charge is -2.29. The first-order valence-corrected chi connectivity index (χ1v) is 8.83. The number of ether oxygens (including phenoxy) is 1. The van der Waals surface area contributed by atoms with Crippen molar-refractivity contribution in [1.82, 2.24) is 10.6 Å². The fourth-order valence-corrected chi connectivity index (χ4v) is 3.91. The van der Waals surface area contributed by atoms with E-state index in [2.05, 4.69) is 10.6 Å². The highest BCUT2D eigenvalue weighted by Gasteiger charge is 2.34. The minimum atomic E-state index is 0. The molecule has 2 bridgehead atoms. The van der Waals surface area contributed by atoms with Crippen molar-refractivity contribution >= 4 is 18.3 Å². The first-order chi connectivity index (χ1) is 11.1. The van der Waals surface area contributed by atoms with Gasteiger partial charge < -0.3 is 15.4 Å². The molecule has 0 spiro atoms. The van der Waals surface area contributed by atoms with E-state index in [-0.39, 0.29) is 24.4 Å². The second-order valence-electron chi connectivity index (χ2n) is 7.28. The molecule has 3 rings (SSSR count). The fourth-order valence-electron chi connectivity index (χ4n) is 3.91. The van der Waals surface area contributed by atoms with E-state index >= 15 is 0 Å². The lowest BCUT2D eigenvalue weighted by Crippen LogP contribution is -2.41. The minimum absolute atomic E-state index is 0. The molecule has 2 N–H and O–H groups in total. The normalized spacial score (nSPS) is 26.3. The van der Waals surface area contributed by atoms with Gasteiger partial charge in [0.1, 0.15) is 12.4 Å². The van der Waals surface area contributed by atoms with E-state index in [4.69, 9.17) is 4.74 Å². The Labute approximate surface area is 151 Å². The van der Waals surface area contributed by atoms with E-state index in [1.165, 1.54) is 18.4 Å². The third-order valence-electron chi connectivity index (χ3n) is 4.94. The van der Waals surface area contributed by atoms with E-state index in [0.717, 1.165) is 18.6 Å². The maximum absolute atomic E-state index is 12.2. The van der Waals surface area contributed by atoms with Crippen molar-refractivity contribution in [2.75, 3.05) is 6.61 Å². The molecule has 1 aromatic rings. The Hall–Kier alpha value is -1.26. The van der Waals surface area contributed by atoms with E-state index in [1.54, 1.807) is 0 Å². The summed E-state index contributed by atoms with van der Waals surface area (Å²) < 4.78 is 5.76. The van der Waals surface area contributed by atoms with Crippen LogP contribution in [0.25, 0.3) is 0 Å². The number of hydrogen-bond acceptors (Lipinski definition) is 3.